The van der Waals surface area contributed by atoms with Gasteiger partial charge >= 0.3 is 0 Å². The van der Waals surface area contributed by atoms with Crippen molar-refractivity contribution in [2.45, 2.75) is 4.90 Å². The van der Waals surface area contributed by atoms with E-state index in [1.165, 1.54) is 31.0 Å². The largest absolute Gasteiger partial charge is 0.495 e. The Labute approximate surface area is 166 Å². The van der Waals surface area contributed by atoms with Gasteiger partial charge in [0.25, 0.3) is 5.69 Å². The van der Waals surface area contributed by atoms with Crippen molar-refractivity contribution in [3.05, 3.63) is 52.6 Å². The molecular formula is C17H19N3O6S2. The molecule has 2 aromatic carbocycles. The summed E-state index contributed by atoms with van der Waals surface area (Å²) >= 11 is 1.50. The SMILES string of the molecule is COc1ccc([N+](=O)[O-])cc1N(CC(=O)Nc1cccc(SC)c1)S(C)(=O)=O. The van der Waals surface area contributed by atoms with E-state index in [0.29, 0.717) is 5.69 Å². The van der Waals surface area contributed by atoms with Crippen LogP contribution in [0.5, 0.6) is 5.75 Å². The number of anilines is 2. The van der Waals surface area contributed by atoms with Gasteiger partial charge in [-0.05, 0) is 30.5 Å². The van der Waals surface area contributed by atoms with Gasteiger partial charge in [-0.3, -0.25) is 19.2 Å². The van der Waals surface area contributed by atoms with Gasteiger partial charge in [-0.1, -0.05) is 6.07 Å². The lowest BCUT2D eigenvalue weighted by molar-refractivity contribution is -0.384. The summed E-state index contributed by atoms with van der Waals surface area (Å²) in [6, 6.07) is 10.6. The number of rotatable bonds is 8. The van der Waals surface area contributed by atoms with E-state index in [9.17, 15) is 23.3 Å². The third kappa shape index (κ3) is 5.36. The lowest BCUT2D eigenvalue weighted by Gasteiger charge is -2.23. The number of ether oxygens (including phenoxy) is 1. The van der Waals surface area contributed by atoms with Gasteiger partial charge in [0.15, 0.2) is 0 Å². The van der Waals surface area contributed by atoms with Crippen LogP contribution in [0, 0.1) is 10.1 Å². The quantitative estimate of drug-likeness (QED) is 0.392. The van der Waals surface area contributed by atoms with E-state index >= 15 is 0 Å². The van der Waals surface area contributed by atoms with Crippen LogP contribution in [0.3, 0.4) is 0 Å². The van der Waals surface area contributed by atoms with E-state index in [0.717, 1.165) is 21.5 Å². The molecule has 0 saturated carbocycles. The average molecular weight is 425 g/mol. The number of nitrogens with zero attached hydrogens (tertiary/aromatic N) is 2. The molecule has 2 aromatic rings. The number of nitrogens with one attached hydrogen (secondary N) is 1. The monoisotopic (exact) mass is 425 g/mol. The standard InChI is InChI=1S/C17H19N3O6S2/c1-26-16-8-7-13(20(22)23)10-15(16)19(28(3,24)25)11-17(21)18-12-5-4-6-14(9-12)27-2/h4-10H,11H2,1-3H3,(H,18,21). The minimum atomic E-state index is -3.93. The van der Waals surface area contributed by atoms with Crippen LogP contribution in [0.1, 0.15) is 0 Å². The number of sulfonamides is 1. The van der Waals surface area contributed by atoms with Crippen LogP contribution in [-0.4, -0.2) is 45.4 Å². The molecule has 0 atom stereocenters. The Hall–Kier alpha value is -2.79. The van der Waals surface area contributed by atoms with Crippen molar-refractivity contribution in [3.8, 4) is 5.75 Å². The lowest BCUT2D eigenvalue weighted by atomic mass is 10.2. The fourth-order valence-electron chi connectivity index (χ4n) is 2.40. The van der Waals surface area contributed by atoms with Crippen molar-refractivity contribution in [1.82, 2.24) is 0 Å². The molecule has 0 aliphatic rings. The van der Waals surface area contributed by atoms with E-state index < -0.39 is 27.4 Å². The number of amides is 1. The predicted octanol–water partition coefficient (Wildman–Crippen LogP) is 2.73. The first-order valence-electron chi connectivity index (χ1n) is 7.89. The zero-order valence-corrected chi connectivity index (χ0v) is 17.0. The van der Waals surface area contributed by atoms with E-state index in [1.807, 2.05) is 12.3 Å². The molecule has 0 saturated heterocycles. The highest BCUT2D eigenvalue weighted by Crippen LogP contribution is 2.33. The van der Waals surface area contributed by atoms with E-state index in [1.54, 1.807) is 18.2 Å². The highest BCUT2D eigenvalue weighted by Gasteiger charge is 2.26. The first-order valence-corrected chi connectivity index (χ1v) is 11.0. The second-order valence-electron chi connectivity index (χ2n) is 5.66. The minimum Gasteiger partial charge on any atom is -0.495 e. The normalized spacial score (nSPS) is 11.0. The number of hydrogen-bond donors (Lipinski definition) is 1. The first kappa shape index (κ1) is 21.5. The Morgan fingerprint density at radius 1 is 1.29 bits per heavy atom. The van der Waals surface area contributed by atoms with E-state index in [4.69, 9.17) is 4.74 Å². The molecule has 0 aromatic heterocycles. The lowest BCUT2D eigenvalue weighted by Crippen LogP contribution is -2.37. The van der Waals surface area contributed by atoms with E-state index in [-0.39, 0.29) is 17.1 Å². The molecule has 28 heavy (non-hydrogen) atoms. The molecule has 0 aliphatic carbocycles. The third-order valence-electron chi connectivity index (χ3n) is 3.68. The Balaban J connectivity index is 2.36. The smallest absolute Gasteiger partial charge is 0.271 e. The Bertz CT molecular complexity index is 994. The van der Waals surface area contributed by atoms with Gasteiger partial charge in [0.1, 0.15) is 18.0 Å². The molecule has 1 N–H and O–H groups in total. The van der Waals surface area contributed by atoms with Crippen molar-refractivity contribution in [3.63, 3.8) is 0 Å². The summed E-state index contributed by atoms with van der Waals surface area (Å²) in [5.74, 6) is -0.509. The van der Waals surface area contributed by atoms with Crippen LogP contribution in [0.4, 0.5) is 17.1 Å². The number of nitro groups is 1. The van der Waals surface area contributed by atoms with Crippen molar-refractivity contribution in [2.75, 3.05) is 35.8 Å². The van der Waals surface area contributed by atoms with Gasteiger partial charge in [0.05, 0.1) is 18.3 Å². The van der Waals surface area contributed by atoms with Crippen LogP contribution >= 0.6 is 11.8 Å². The number of hydrogen-bond acceptors (Lipinski definition) is 7. The van der Waals surface area contributed by atoms with Crippen molar-refractivity contribution >= 4 is 44.8 Å². The van der Waals surface area contributed by atoms with Crippen LogP contribution in [0.15, 0.2) is 47.4 Å². The van der Waals surface area contributed by atoms with Crippen LogP contribution in [-0.2, 0) is 14.8 Å². The molecular weight excluding hydrogens is 406 g/mol. The third-order valence-corrected chi connectivity index (χ3v) is 5.53. The molecule has 2 rings (SSSR count). The summed E-state index contributed by atoms with van der Waals surface area (Å²) in [6.07, 6.45) is 2.80. The molecule has 150 valence electrons. The number of non-ortho nitro benzene ring substituents is 1. The number of benzene rings is 2. The van der Waals surface area contributed by atoms with Gasteiger partial charge in [0.2, 0.25) is 15.9 Å². The molecule has 0 spiro atoms. The van der Waals surface area contributed by atoms with Gasteiger partial charge in [0, 0.05) is 22.7 Å². The molecule has 0 bridgehead atoms. The fraction of sp³-hybridized carbons (Fsp3) is 0.235. The van der Waals surface area contributed by atoms with Crippen LogP contribution in [0.25, 0.3) is 0 Å². The summed E-state index contributed by atoms with van der Waals surface area (Å²) in [4.78, 5) is 23.8. The number of carbonyl (C=O) groups excluding carboxylic acids is 1. The van der Waals surface area contributed by atoms with Gasteiger partial charge in [-0.2, -0.15) is 0 Å². The fourth-order valence-corrected chi connectivity index (χ4v) is 3.71. The zero-order chi connectivity index (χ0) is 20.9. The number of nitro benzene ring substituents is 1. The van der Waals surface area contributed by atoms with Crippen LogP contribution < -0.4 is 14.4 Å². The number of thioether (sulfide) groups is 1. The van der Waals surface area contributed by atoms with Crippen LogP contribution in [0.2, 0.25) is 0 Å². The predicted molar refractivity (Wildman–Crippen MR) is 109 cm³/mol. The molecule has 0 radical (unpaired) electrons. The summed E-state index contributed by atoms with van der Waals surface area (Å²) in [5.41, 5.74) is 0.0982. The molecule has 0 heterocycles. The second kappa shape index (κ2) is 8.93. The molecule has 1 amide bonds. The maximum absolute atomic E-state index is 12.5. The summed E-state index contributed by atoms with van der Waals surface area (Å²) in [7, 11) is -2.62. The van der Waals surface area contributed by atoms with Gasteiger partial charge in [-0.25, -0.2) is 8.42 Å². The first-order chi connectivity index (χ1) is 13.2. The molecule has 0 aliphatic heterocycles. The number of carbonyl (C=O) groups is 1. The molecule has 0 unspecified atom stereocenters. The Kier molecular flexibility index (Phi) is 6.86. The molecule has 11 heteroatoms. The summed E-state index contributed by atoms with van der Waals surface area (Å²) < 4.78 is 30.5. The average Bonchev–Trinajstić information content (AvgIpc) is 2.64. The second-order valence-corrected chi connectivity index (χ2v) is 8.45. The van der Waals surface area contributed by atoms with Gasteiger partial charge < -0.3 is 10.1 Å². The van der Waals surface area contributed by atoms with Crippen molar-refractivity contribution in [1.29, 1.82) is 0 Å². The summed E-state index contributed by atoms with van der Waals surface area (Å²) in [6.45, 7) is -0.570. The van der Waals surface area contributed by atoms with E-state index in [2.05, 4.69) is 5.32 Å². The summed E-state index contributed by atoms with van der Waals surface area (Å²) in [5, 5.41) is 13.7. The van der Waals surface area contributed by atoms with Crippen molar-refractivity contribution < 1.29 is 22.9 Å². The highest BCUT2D eigenvalue weighted by atomic mass is 32.2. The topological polar surface area (TPSA) is 119 Å². The molecule has 0 fully saturated rings. The van der Waals surface area contributed by atoms with Gasteiger partial charge in [-0.15, -0.1) is 11.8 Å². The highest BCUT2D eigenvalue weighted by molar-refractivity contribution is 7.98. The maximum Gasteiger partial charge on any atom is 0.271 e. The van der Waals surface area contributed by atoms with Crippen molar-refractivity contribution in [2.24, 2.45) is 0 Å². The minimum absolute atomic E-state index is 0.0905. The zero-order valence-electron chi connectivity index (χ0n) is 15.4. The number of methoxy groups -OCH3 is 1. The Morgan fingerprint density at radius 2 is 2.00 bits per heavy atom. The molecule has 9 nitrogen and oxygen atoms in total. The Morgan fingerprint density at radius 3 is 2.57 bits per heavy atom. The maximum atomic E-state index is 12.5.